The molecule has 6 atom stereocenters. The first-order valence-corrected chi connectivity index (χ1v) is 15.7. The smallest absolute Gasteiger partial charge is 0.0381 e. The van der Waals surface area contributed by atoms with Crippen LogP contribution < -0.4 is 0 Å². The minimum Gasteiger partial charge on any atom is -0.0625 e. The lowest BCUT2D eigenvalue weighted by molar-refractivity contribution is 0.0992. The Morgan fingerprint density at radius 1 is 0.281 bits per heavy atom. The van der Waals surface area contributed by atoms with Crippen LogP contribution in [0.15, 0.2) is 0 Å². The van der Waals surface area contributed by atoms with Gasteiger partial charge in [0.2, 0.25) is 0 Å². The van der Waals surface area contributed by atoms with Crippen LogP contribution in [0.4, 0.5) is 0 Å². The third-order valence-corrected chi connectivity index (χ3v) is 11.0. The molecule has 4 fully saturated rings. The van der Waals surface area contributed by atoms with E-state index < -0.39 is 0 Å². The van der Waals surface area contributed by atoms with Gasteiger partial charge in [0.15, 0.2) is 0 Å². The first-order valence-electron chi connectivity index (χ1n) is 15.7. The van der Waals surface area contributed by atoms with Crippen LogP contribution in [-0.4, -0.2) is 0 Å². The van der Waals surface area contributed by atoms with E-state index in [-0.39, 0.29) is 0 Å². The topological polar surface area (TPSA) is 0 Å². The van der Waals surface area contributed by atoms with Gasteiger partial charge < -0.3 is 0 Å². The average molecular weight is 443 g/mol. The van der Waals surface area contributed by atoms with E-state index in [2.05, 4.69) is 13.8 Å². The Kier molecular flexibility index (Phi) is 10.3. The van der Waals surface area contributed by atoms with Gasteiger partial charge in [-0.1, -0.05) is 123 Å². The van der Waals surface area contributed by atoms with Crippen molar-refractivity contribution in [2.24, 2.45) is 47.3 Å². The van der Waals surface area contributed by atoms with Crippen molar-refractivity contribution in [1.82, 2.24) is 0 Å². The summed E-state index contributed by atoms with van der Waals surface area (Å²) >= 11 is 0. The molecule has 4 aliphatic carbocycles. The monoisotopic (exact) mass is 442 g/mol. The summed E-state index contributed by atoms with van der Waals surface area (Å²) < 4.78 is 0. The van der Waals surface area contributed by atoms with E-state index in [0.29, 0.717) is 0 Å². The fourth-order valence-electron chi connectivity index (χ4n) is 9.12. The highest BCUT2D eigenvalue weighted by molar-refractivity contribution is 4.86. The first kappa shape index (κ1) is 25.1. The van der Waals surface area contributed by atoms with Gasteiger partial charge in [-0.3, -0.25) is 0 Å². The van der Waals surface area contributed by atoms with E-state index in [1.165, 1.54) is 70.6 Å². The molecule has 0 aromatic rings. The van der Waals surface area contributed by atoms with E-state index >= 15 is 0 Å². The zero-order chi connectivity index (χ0) is 22.2. The molecule has 0 aliphatic heterocycles. The van der Waals surface area contributed by atoms with E-state index in [9.17, 15) is 0 Å². The van der Waals surface area contributed by atoms with Crippen LogP contribution in [0.3, 0.4) is 0 Å². The van der Waals surface area contributed by atoms with Crippen LogP contribution in [0.5, 0.6) is 0 Å². The summed E-state index contributed by atoms with van der Waals surface area (Å²) in [6, 6.07) is 0. The standard InChI is InChI=1S/C32H58/c1-25-12-9-10-18-29-20-21-31(27-14-5-3-6-15-27)24-32(28-16-7-4-8-17-28)23-26(2)22-30(29)19-11-13-25/h25-32H,3-24H2,1-2H3. The van der Waals surface area contributed by atoms with Crippen LogP contribution >= 0.6 is 0 Å². The van der Waals surface area contributed by atoms with Crippen molar-refractivity contribution < 1.29 is 0 Å². The van der Waals surface area contributed by atoms with Crippen molar-refractivity contribution in [1.29, 1.82) is 0 Å². The minimum absolute atomic E-state index is 0.972. The van der Waals surface area contributed by atoms with Crippen molar-refractivity contribution in [3.63, 3.8) is 0 Å². The number of fused-ring (bicyclic) bond motifs is 1. The summed E-state index contributed by atoms with van der Waals surface area (Å²) in [7, 11) is 0. The molecule has 0 heteroatoms. The van der Waals surface area contributed by atoms with Crippen LogP contribution in [-0.2, 0) is 0 Å². The molecule has 0 amide bonds. The average Bonchev–Trinajstić information content (AvgIpc) is 2.82. The van der Waals surface area contributed by atoms with Crippen LogP contribution in [0.25, 0.3) is 0 Å². The van der Waals surface area contributed by atoms with Gasteiger partial charge in [0.1, 0.15) is 0 Å². The highest BCUT2D eigenvalue weighted by Gasteiger charge is 2.35. The van der Waals surface area contributed by atoms with Crippen molar-refractivity contribution in [3.8, 4) is 0 Å². The van der Waals surface area contributed by atoms with Gasteiger partial charge in [-0.15, -0.1) is 0 Å². The minimum atomic E-state index is 0.972. The van der Waals surface area contributed by atoms with Crippen molar-refractivity contribution >= 4 is 0 Å². The molecule has 0 radical (unpaired) electrons. The highest BCUT2D eigenvalue weighted by Crippen LogP contribution is 2.46. The van der Waals surface area contributed by atoms with Crippen molar-refractivity contribution in [3.05, 3.63) is 0 Å². The largest absolute Gasteiger partial charge is 0.0625 e. The molecule has 0 aromatic carbocycles. The lowest BCUT2D eigenvalue weighted by Gasteiger charge is -2.41. The predicted molar refractivity (Wildman–Crippen MR) is 141 cm³/mol. The summed E-state index contributed by atoms with van der Waals surface area (Å²) in [5, 5.41) is 0. The molecule has 0 aromatic heterocycles. The predicted octanol–water partition coefficient (Wildman–Crippen LogP) is 10.6. The third kappa shape index (κ3) is 7.50. The second kappa shape index (κ2) is 13.2. The Bertz CT molecular complexity index is 496. The molecule has 186 valence electrons. The summed E-state index contributed by atoms with van der Waals surface area (Å²) in [6.45, 7) is 5.20. The molecule has 0 heterocycles. The summed E-state index contributed by atoms with van der Waals surface area (Å²) in [6.07, 6.45) is 34.1. The maximum absolute atomic E-state index is 2.67. The fourth-order valence-corrected chi connectivity index (χ4v) is 9.12. The molecule has 0 bridgehead atoms. The lowest BCUT2D eigenvalue weighted by Crippen LogP contribution is -2.30. The van der Waals surface area contributed by atoms with Gasteiger partial charge in [0.25, 0.3) is 0 Å². The Morgan fingerprint density at radius 3 is 1.38 bits per heavy atom. The molecule has 4 rings (SSSR count). The van der Waals surface area contributed by atoms with Gasteiger partial charge in [-0.05, 0) is 79.4 Å². The van der Waals surface area contributed by atoms with Crippen molar-refractivity contribution in [2.75, 3.05) is 0 Å². The molecular weight excluding hydrogens is 384 g/mol. The van der Waals surface area contributed by atoms with Gasteiger partial charge in [-0.25, -0.2) is 0 Å². The van der Waals surface area contributed by atoms with E-state index in [1.807, 2.05) is 0 Å². The maximum atomic E-state index is 2.67. The van der Waals surface area contributed by atoms with Crippen LogP contribution in [0.1, 0.15) is 155 Å². The maximum Gasteiger partial charge on any atom is -0.0381 e. The first-order chi connectivity index (χ1) is 15.7. The molecule has 32 heavy (non-hydrogen) atoms. The van der Waals surface area contributed by atoms with E-state index in [0.717, 1.165) is 47.3 Å². The van der Waals surface area contributed by atoms with Gasteiger partial charge in [-0.2, -0.15) is 0 Å². The molecule has 4 aliphatic rings. The third-order valence-electron chi connectivity index (χ3n) is 11.0. The second-order valence-electron chi connectivity index (χ2n) is 13.5. The molecule has 4 saturated carbocycles. The van der Waals surface area contributed by atoms with E-state index in [1.54, 1.807) is 70.6 Å². The zero-order valence-electron chi connectivity index (χ0n) is 22.2. The summed E-state index contributed by atoms with van der Waals surface area (Å²) in [5.41, 5.74) is 0. The van der Waals surface area contributed by atoms with Crippen molar-refractivity contribution in [2.45, 2.75) is 155 Å². The normalized spacial score (nSPS) is 40.3. The number of hydrogen-bond donors (Lipinski definition) is 0. The Hall–Kier alpha value is 0. The van der Waals surface area contributed by atoms with Crippen LogP contribution in [0, 0.1) is 47.3 Å². The molecule has 0 saturated heterocycles. The molecule has 0 nitrogen and oxygen atoms in total. The number of rotatable bonds is 2. The van der Waals surface area contributed by atoms with E-state index in [4.69, 9.17) is 0 Å². The quantitative estimate of drug-likeness (QED) is 0.399. The molecular formula is C32H58. The molecule has 0 N–H and O–H groups in total. The van der Waals surface area contributed by atoms with Gasteiger partial charge in [0, 0.05) is 0 Å². The SMILES string of the molecule is CC1CCCCC2CCC(C3CCCCC3)CC(C3CCCCC3)CC(C)CC2CCC1. The zero-order valence-corrected chi connectivity index (χ0v) is 22.2. The number of hydrogen-bond acceptors (Lipinski definition) is 0. The van der Waals surface area contributed by atoms with Crippen LogP contribution in [0.2, 0.25) is 0 Å². The highest BCUT2D eigenvalue weighted by atomic mass is 14.4. The summed E-state index contributed by atoms with van der Waals surface area (Å²) in [5.74, 6) is 8.36. The lowest BCUT2D eigenvalue weighted by atomic mass is 9.64. The Labute approximate surface area is 202 Å². The molecule has 0 spiro atoms. The fraction of sp³-hybridized carbons (Fsp3) is 1.00. The van der Waals surface area contributed by atoms with Gasteiger partial charge in [0.05, 0.1) is 0 Å². The van der Waals surface area contributed by atoms with Gasteiger partial charge >= 0.3 is 0 Å². The Morgan fingerprint density at radius 2 is 0.688 bits per heavy atom. The Balaban J connectivity index is 1.49. The summed E-state index contributed by atoms with van der Waals surface area (Å²) in [4.78, 5) is 0. The molecule has 6 unspecified atom stereocenters. The second-order valence-corrected chi connectivity index (χ2v) is 13.5.